The van der Waals surface area contributed by atoms with Crippen LogP contribution in [0.15, 0.2) is 41.3 Å². The Morgan fingerprint density at radius 2 is 1.69 bits per heavy atom. The van der Waals surface area contributed by atoms with Crippen LogP contribution in [0.4, 0.5) is 0 Å². The highest BCUT2D eigenvalue weighted by atomic mass is 32.2. The van der Waals surface area contributed by atoms with Gasteiger partial charge in [0.25, 0.3) is 0 Å². The molecule has 7 nitrogen and oxygen atoms in total. The molecule has 0 amide bonds. The molecule has 2 aromatic carbocycles. The zero-order chi connectivity index (χ0) is 19.1. The van der Waals surface area contributed by atoms with Gasteiger partial charge < -0.3 is 19.7 Å². The highest BCUT2D eigenvalue weighted by Gasteiger charge is 2.41. The number of aliphatic hydroxyl groups excluding tert-OH is 1. The maximum atomic E-state index is 12.8. The van der Waals surface area contributed by atoms with E-state index in [0.29, 0.717) is 11.1 Å². The molecular formula is C18H21NO6S. The van der Waals surface area contributed by atoms with Crippen molar-refractivity contribution in [2.75, 3.05) is 21.3 Å². The summed E-state index contributed by atoms with van der Waals surface area (Å²) in [6.45, 7) is 0. The standard InChI is InChI=1S/C18H21NO6S/c1-19-13(8-11-9-14(24-2)18(21)15(10-11)25-3)17(20)12-6-4-5-7-16(12)26(19,22)23/h4-7,9-10,13,17,20-21H,8H2,1-3H3/t13-,17+/m0/s1. The monoisotopic (exact) mass is 379 g/mol. The number of hydrogen-bond donors (Lipinski definition) is 2. The van der Waals surface area contributed by atoms with Crippen LogP contribution in [0.3, 0.4) is 0 Å². The smallest absolute Gasteiger partial charge is 0.243 e. The van der Waals surface area contributed by atoms with Crippen molar-refractivity contribution in [3.8, 4) is 17.2 Å². The van der Waals surface area contributed by atoms with Gasteiger partial charge in [0.1, 0.15) is 0 Å². The molecule has 26 heavy (non-hydrogen) atoms. The van der Waals surface area contributed by atoms with E-state index in [2.05, 4.69) is 0 Å². The lowest BCUT2D eigenvalue weighted by Crippen LogP contribution is -2.46. The Balaban J connectivity index is 2.03. The molecule has 1 heterocycles. The first-order valence-electron chi connectivity index (χ1n) is 8.00. The minimum Gasteiger partial charge on any atom is -0.502 e. The fourth-order valence-electron chi connectivity index (χ4n) is 3.25. The Kier molecular flexibility index (Phi) is 4.83. The first kappa shape index (κ1) is 18.5. The van der Waals surface area contributed by atoms with Crippen molar-refractivity contribution in [1.82, 2.24) is 4.31 Å². The van der Waals surface area contributed by atoms with Crippen molar-refractivity contribution in [3.05, 3.63) is 47.5 Å². The molecule has 0 unspecified atom stereocenters. The molecule has 1 aliphatic rings. The SMILES string of the molecule is COc1cc(C[C@H]2[C@H](O)c3ccccc3S(=O)(=O)N2C)cc(OC)c1O. The van der Waals surface area contributed by atoms with Crippen LogP contribution in [-0.2, 0) is 16.4 Å². The van der Waals surface area contributed by atoms with E-state index in [1.54, 1.807) is 30.3 Å². The van der Waals surface area contributed by atoms with Gasteiger partial charge >= 0.3 is 0 Å². The molecule has 0 saturated carbocycles. The second-order valence-electron chi connectivity index (χ2n) is 6.12. The van der Waals surface area contributed by atoms with Crippen LogP contribution >= 0.6 is 0 Å². The topological polar surface area (TPSA) is 96.3 Å². The quantitative estimate of drug-likeness (QED) is 0.839. The number of phenolic OH excluding ortho intramolecular Hbond substituents is 1. The lowest BCUT2D eigenvalue weighted by atomic mass is 9.95. The maximum Gasteiger partial charge on any atom is 0.243 e. The predicted molar refractivity (Wildman–Crippen MR) is 95.1 cm³/mol. The number of methoxy groups -OCH3 is 2. The van der Waals surface area contributed by atoms with Crippen molar-refractivity contribution in [2.24, 2.45) is 0 Å². The zero-order valence-corrected chi connectivity index (χ0v) is 15.5. The van der Waals surface area contributed by atoms with Gasteiger partial charge in [-0.15, -0.1) is 0 Å². The van der Waals surface area contributed by atoms with Gasteiger partial charge in [0.2, 0.25) is 15.8 Å². The summed E-state index contributed by atoms with van der Waals surface area (Å²) in [7, 11) is 0.586. The molecule has 2 atom stereocenters. The van der Waals surface area contributed by atoms with Gasteiger partial charge in [0, 0.05) is 12.6 Å². The molecule has 0 aliphatic carbocycles. The Morgan fingerprint density at radius 1 is 1.12 bits per heavy atom. The number of sulfonamides is 1. The summed E-state index contributed by atoms with van der Waals surface area (Å²) in [4.78, 5) is 0.118. The zero-order valence-electron chi connectivity index (χ0n) is 14.7. The number of benzene rings is 2. The molecule has 0 spiro atoms. The first-order valence-corrected chi connectivity index (χ1v) is 9.44. The van der Waals surface area contributed by atoms with E-state index in [-0.39, 0.29) is 28.6 Å². The number of hydrogen-bond acceptors (Lipinski definition) is 6. The number of aliphatic hydroxyl groups is 1. The molecular weight excluding hydrogens is 358 g/mol. The molecule has 2 N–H and O–H groups in total. The summed E-state index contributed by atoms with van der Waals surface area (Å²) >= 11 is 0. The Morgan fingerprint density at radius 3 is 2.27 bits per heavy atom. The summed E-state index contributed by atoms with van der Waals surface area (Å²) in [5.41, 5.74) is 1.05. The number of nitrogens with zero attached hydrogens (tertiary/aromatic N) is 1. The van der Waals surface area contributed by atoms with E-state index in [9.17, 15) is 18.6 Å². The average molecular weight is 379 g/mol. The van der Waals surface area contributed by atoms with Crippen LogP contribution in [0.1, 0.15) is 17.2 Å². The molecule has 1 aliphatic heterocycles. The van der Waals surface area contributed by atoms with E-state index in [4.69, 9.17) is 9.47 Å². The van der Waals surface area contributed by atoms with Crippen LogP contribution in [0.2, 0.25) is 0 Å². The third-order valence-corrected chi connectivity index (χ3v) is 6.67. The summed E-state index contributed by atoms with van der Waals surface area (Å²) in [5.74, 6) is 0.306. The van der Waals surface area contributed by atoms with Crippen LogP contribution in [0.25, 0.3) is 0 Å². The van der Waals surface area contributed by atoms with Crippen LogP contribution in [-0.4, -0.2) is 50.2 Å². The number of likely N-dealkylation sites (N-methyl/N-ethyl adjacent to an activating group) is 1. The largest absolute Gasteiger partial charge is 0.502 e. The highest BCUT2D eigenvalue weighted by Crippen LogP contribution is 2.40. The van der Waals surface area contributed by atoms with E-state index < -0.39 is 22.2 Å². The fourth-order valence-corrected chi connectivity index (χ4v) is 4.84. The van der Waals surface area contributed by atoms with E-state index in [1.807, 2.05) is 0 Å². The lowest BCUT2D eigenvalue weighted by molar-refractivity contribution is 0.0891. The highest BCUT2D eigenvalue weighted by molar-refractivity contribution is 7.89. The molecule has 8 heteroatoms. The molecule has 0 bridgehead atoms. The minimum atomic E-state index is -3.70. The number of rotatable bonds is 4. The average Bonchev–Trinajstić information content (AvgIpc) is 2.65. The molecule has 0 aromatic heterocycles. The molecule has 0 saturated heterocycles. The van der Waals surface area contributed by atoms with E-state index in [0.717, 1.165) is 0 Å². The van der Waals surface area contributed by atoms with Crippen LogP contribution < -0.4 is 9.47 Å². The van der Waals surface area contributed by atoms with Crippen LogP contribution in [0.5, 0.6) is 17.2 Å². The number of phenols is 1. The molecule has 3 rings (SSSR count). The van der Waals surface area contributed by atoms with Gasteiger partial charge in [-0.3, -0.25) is 0 Å². The molecule has 0 fully saturated rings. The van der Waals surface area contributed by atoms with Gasteiger partial charge in [-0.05, 0) is 30.2 Å². The van der Waals surface area contributed by atoms with Crippen molar-refractivity contribution in [2.45, 2.75) is 23.5 Å². The third kappa shape index (κ3) is 2.90. The van der Waals surface area contributed by atoms with Crippen molar-refractivity contribution >= 4 is 10.0 Å². The number of aromatic hydroxyl groups is 1. The fraction of sp³-hybridized carbons (Fsp3) is 0.333. The van der Waals surface area contributed by atoms with Crippen molar-refractivity contribution in [1.29, 1.82) is 0 Å². The van der Waals surface area contributed by atoms with E-state index >= 15 is 0 Å². The number of ether oxygens (including phenoxy) is 2. The van der Waals surface area contributed by atoms with Crippen LogP contribution in [0, 0.1) is 0 Å². The van der Waals surface area contributed by atoms with Gasteiger partial charge in [0.05, 0.1) is 31.3 Å². The Hall–Kier alpha value is -2.29. The van der Waals surface area contributed by atoms with Crippen molar-refractivity contribution < 1.29 is 28.1 Å². The Bertz CT molecular complexity index is 902. The van der Waals surface area contributed by atoms with Crippen molar-refractivity contribution in [3.63, 3.8) is 0 Å². The summed E-state index contributed by atoms with van der Waals surface area (Å²) in [6.07, 6.45) is -0.761. The Labute approximate surface area is 152 Å². The van der Waals surface area contributed by atoms with E-state index in [1.165, 1.54) is 31.6 Å². The second kappa shape index (κ2) is 6.79. The molecule has 2 aromatic rings. The normalized spacial score (nSPS) is 21.8. The predicted octanol–water partition coefficient (Wildman–Crippen LogP) is 1.69. The van der Waals surface area contributed by atoms with Gasteiger partial charge in [-0.2, -0.15) is 4.31 Å². The van der Waals surface area contributed by atoms with Gasteiger partial charge in [-0.25, -0.2) is 8.42 Å². The first-order chi connectivity index (χ1) is 12.3. The summed E-state index contributed by atoms with van der Waals surface area (Å²) in [5, 5.41) is 20.8. The summed E-state index contributed by atoms with van der Waals surface area (Å²) < 4.78 is 37.0. The second-order valence-corrected chi connectivity index (χ2v) is 8.09. The van der Waals surface area contributed by atoms with Gasteiger partial charge in [0.15, 0.2) is 11.5 Å². The molecule has 0 radical (unpaired) electrons. The molecule has 140 valence electrons. The maximum absolute atomic E-state index is 12.8. The third-order valence-electron chi connectivity index (χ3n) is 4.71. The minimum absolute atomic E-state index is 0.118. The lowest BCUT2D eigenvalue weighted by Gasteiger charge is -2.37. The summed E-state index contributed by atoms with van der Waals surface area (Å²) in [6, 6.07) is 8.95. The number of fused-ring (bicyclic) bond motifs is 1. The van der Waals surface area contributed by atoms with Gasteiger partial charge in [-0.1, -0.05) is 18.2 Å².